The molecule has 0 N–H and O–H groups in total. The van der Waals surface area contributed by atoms with E-state index in [0.717, 1.165) is 0 Å². The highest BCUT2D eigenvalue weighted by Gasteiger charge is 2.29. The van der Waals surface area contributed by atoms with Crippen molar-refractivity contribution in [1.82, 2.24) is 4.90 Å². The van der Waals surface area contributed by atoms with E-state index in [1.807, 2.05) is 20.8 Å². The Bertz CT molecular complexity index is 383. The van der Waals surface area contributed by atoms with Gasteiger partial charge in [0.15, 0.2) is 6.29 Å². The molecule has 0 saturated carbocycles. The number of ether oxygens (including phenoxy) is 1. The molecule has 0 aromatic rings. The summed E-state index contributed by atoms with van der Waals surface area (Å²) in [7, 11) is 1.48. The Hall–Kier alpha value is -1.24. The zero-order chi connectivity index (χ0) is 14.6. The molecule has 1 heterocycles. The first kappa shape index (κ1) is 15.8. The molecular weight excluding hydrogens is 250 g/mol. The van der Waals surface area contributed by atoms with Gasteiger partial charge in [-0.15, -0.1) is 0 Å². The largest absolute Gasteiger partial charge is 0.353 e. The molecule has 0 fully saturated rings. The van der Waals surface area contributed by atoms with E-state index in [4.69, 9.17) is 14.5 Å². The second-order valence-electron chi connectivity index (χ2n) is 5.37. The van der Waals surface area contributed by atoms with Gasteiger partial charge >= 0.3 is 0 Å². The zero-order valence-corrected chi connectivity index (χ0v) is 12.1. The molecule has 1 aliphatic rings. The molecule has 0 aromatic heterocycles. The quantitative estimate of drug-likeness (QED) is 0.316. The van der Waals surface area contributed by atoms with Gasteiger partial charge in [-0.2, -0.15) is 0 Å². The maximum atomic E-state index is 11.7. The molecule has 1 aliphatic heterocycles. The average Bonchev–Trinajstić information content (AvgIpc) is 2.53. The summed E-state index contributed by atoms with van der Waals surface area (Å²) < 4.78 is 5.09. The first-order valence-electron chi connectivity index (χ1n) is 6.16. The average molecular weight is 271 g/mol. The van der Waals surface area contributed by atoms with Crippen molar-refractivity contribution in [3.8, 4) is 0 Å². The molecule has 0 radical (unpaired) electrons. The fourth-order valence-electron chi connectivity index (χ4n) is 1.49. The van der Waals surface area contributed by atoms with Crippen molar-refractivity contribution in [2.45, 2.75) is 46.0 Å². The summed E-state index contributed by atoms with van der Waals surface area (Å²) in [5.41, 5.74) is -0.000352. The molecule has 108 valence electrons. The van der Waals surface area contributed by atoms with Gasteiger partial charge in [0.1, 0.15) is 0 Å². The number of rotatable bonds is 6. The molecule has 6 heteroatoms. The summed E-state index contributed by atoms with van der Waals surface area (Å²) in [5.74, 6) is -0.564. The maximum Gasteiger partial charge on any atom is 0.256 e. The van der Waals surface area contributed by atoms with Crippen molar-refractivity contribution >= 4 is 11.8 Å². The number of hydrogen-bond acceptors (Lipinski definition) is 5. The Morgan fingerprint density at radius 2 is 1.95 bits per heavy atom. The van der Waals surface area contributed by atoms with Gasteiger partial charge in [-0.3, -0.25) is 14.5 Å². The van der Waals surface area contributed by atoms with Crippen LogP contribution in [-0.4, -0.2) is 42.3 Å². The fraction of sp³-hybridized carbons (Fsp3) is 0.692. The van der Waals surface area contributed by atoms with Crippen LogP contribution in [-0.2, 0) is 24.1 Å². The van der Waals surface area contributed by atoms with Crippen LogP contribution >= 0.6 is 0 Å². The Balaban J connectivity index is 2.42. The van der Waals surface area contributed by atoms with E-state index in [0.29, 0.717) is 12.0 Å². The van der Waals surface area contributed by atoms with Crippen molar-refractivity contribution in [3.63, 3.8) is 0 Å². The Morgan fingerprint density at radius 1 is 1.32 bits per heavy atom. The zero-order valence-electron chi connectivity index (χ0n) is 12.1. The summed E-state index contributed by atoms with van der Waals surface area (Å²) in [6.07, 6.45) is 1.06. The number of hydrogen-bond donors (Lipinski definition) is 0. The number of carbonyl (C=O) groups excluding carboxylic acids is 2. The van der Waals surface area contributed by atoms with E-state index in [9.17, 15) is 9.59 Å². The molecule has 0 bridgehead atoms. The molecule has 1 atom stereocenters. The van der Waals surface area contributed by atoms with Crippen LogP contribution in [0.2, 0.25) is 0 Å². The van der Waals surface area contributed by atoms with Crippen LogP contribution in [0.5, 0.6) is 0 Å². The molecule has 0 aliphatic carbocycles. The van der Waals surface area contributed by atoms with Gasteiger partial charge in [-0.1, -0.05) is 0 Å². The second-order valence-corrected chi connectivity index (χ2v) is 5.37. The third-order valence-corrected chi connectivity index (χ3v) is 2.45. The molecule has 2 amide bonds. The van der Waals surface area contributed by atoms with Gasteiger partial charge in [0.25, 0.3) is 11.8 Å². The summed E-state index contributed by atoms with van der Waals surface area (Å²) in [5, 5.41) is 0. The van der Waals surface area contributed by atoms with Crippen molar-refractivity contribution in [2.75, 3.05) is 13.7 Å². The van der Waals surface area contributed by atoms with Crippen molar-refractivity contribution in [2.24, 2.45) is 0 Å². The van der Waals surface area contributed by atoms with Gasteiger partial charge in [-0.25, -0.2) is 9.78 Å². The second kappa shape index (κ2) is 6.27. The lowest BCUT2D eigenvalue weighted by molar-refractivity contribution is -0.413. The van der Waals surface area contributed by atoms with Crippen molar-refractivity contribution in [3.05, 3.63) is 11.6 Å². The first-order valence-corrected chi connectivity index (χ1v) is 6.16. The van der Waals surface area contributed by atoms with Crippen LogP contribution in [0.1, 0.15) is 34.1 Å². The number of imide groups is 1. The highest BCUT2D eigenvalue weighted by atomic mass is 17.2. The van der Waals surface area contributed by atoms with E-state index in [1.54, 1.807) is 6.92 Å². The van der Waals surface area contributed by atoms with Crippen LogP contribution in [0.4, 0.5) is 0 Å². The summed E-state index contributed by atoms with van der Waals surface area (Å²) in [6, 6.07) is 0. The van der Waals surface area contributed by atoms with Gasteiger partial charge < -0.3 is 4.74 Å². The van der Waals surface area contributed by atoms with Gasteiger partial charge in [0.2, 0.25) is 0 Å². The lowest BCUT2D eigenvalue weighted by Crippen LogP contribution is -2.35. The third kappa shape index (κ3) is 4.74. The molecular formula is C13H21NO5. The Labute approximate surface area is 113 Å². The first-order chi connectivity index (χ1) is 8.74. The normalized spacial score (nSPS) is 17.9. The van der Waals surface area contributed by atoms with E-state index >= 15 is 0 Å². The van der Waals surface area contributed by atoms with Gasteiger partial charge in [0.05, 0.1) is 5.60 Å². The predicted octanol–water partition coefficient (Wildman–Crippen LogP) is 1.41. The van der Waals surface area contributed by atoms with E-state index < -0.39 is 11.9 Å². The summed E-state index contributed by atoms with van der Waals surface area (Å²) >= 11 is 0. The van der Waals surface area contributed by atoms with Crippen LogP contribution in [0.3, 0.4) is 0 Å². The number of amides is 2. The van der Waals surface area contributed by atoms with E-state index in [2.05, 4.69) is 0 Å². The van der Waals surface area contributed by atoms with Gasteiger partial charge in [0, 0.05) is 31.7 Å². The van der Waals surface area contributed by atoms with Gasteiger partial charge in [-0.05, 0) is 27.7 Å². The minimum Gasteiger partial charge on any atom is -0.353 e. The van der Waals surface area contributed by atoms with E-state index in [1.165, 1.54) is 18.1 Å². The molecule has 19 heavy (non-hydrogen) atoms. The Morgan fingerprint density at radius 3 is 2.37 bits per heavy atom. The number of carbonyl (C=O) groups is 2. The minimum absolute atomic E-state index is 0.234. The minimum atomic E-state index is -0.624. The highest BCUT2D eigenvalue weighted by Crippen LogP contribution is 2.15. The number of nitrogens with zero attached hydrogens (tertiary/aromatic N) is 1. The monoisotopic (exact) mass is 271 g/mol. The summed E-state index contributed by atoms with van der Waals surface area (Å²) in [6.45, 7) is 7.40. The molecule has 6 nitrogen and oxygen atoms in total. The fourth-order valence-corrected chi connectivity index (χ4v) is 1.49. The Kier molecular flexibility index (Phi) is 5.22. The van der Waals surface area contributed by atoms with Crippen molar-refractivity contribution < 1.29 is 24.1 Å². The molecule has 0 saturated heterocycles. The molecule has 0 spiro atoms. The highest BCUT2D eigenvalue weighted by molar-refractivity contribution is 6.15. The lowest BCUT2D eigenvalue weighted by atomic mass is 10.2. The smallest absolute Gasteiger partial charge is 0.256 e. The summed E-state index contributed by atoms with van der Waals surface area (Å²) in [4.78, 5) is 34.6. The topological polar surface area (TPSA) is 65.1 Å². The predicted molar refractivity (Wildman–Crippen MR) is 67.8 cm³/mol. The van der Waals surface area contributed by atoms with E-state index in [-0.39, 0.29) is 18.4 Å². The molecule has 0 aromatic carbocycles. The molecule has 1 rings (SSSR count). The van der Waals surface area contributed by atoms with Crippen LogP contribution in [0.15, 0.2) is 11.6 Å². The van der Waals surface area contributed by atoms with Crippen LogP contribution < -0.4 is 0 Å². The van der Waals surface area contributed by atoms with Crippen molar-refractivity contribution in [1.29, 1.82) is 0 Å². The lowest BCUT2D eigenvalue weighted by Gasteiger charge is -2.23. The van der Waals surface area contributed by atoms with Crippen LogP contribution in [0, 0.1) is 0 Å². The van der Waals surface area contributed by atoms with Crippen LogP contribution in [0.25, 0.3) is 0 Å². The SMILES string of the molecule is COC(CCN1C(=O)C=C(C)C1=O)OOC(C)(C)C. The standard InChI is InChI=1S/C13H21NO5/c1-9-8-10(15)14(12(9)16)7-6-11(17-5)18-19-13(2,3)4/h8,11H,6-7H2,1-5H3. The number of methoxy groups -OCH3 is 1. The molecule has 1 unspecified atom stereocenters. The maximum absolute atomic E-state index is 11.7. The third-order valence-electron chi connectivity index (χ3n) is 2.45.